The lowest BCUT2D eigenvalue weighted by atomic mass is 10.2. The number of amides is 1. The predicted molar refractivity (Wildman–Crippen MR) is 46.2 cm³/mol. The number of ether oxygens (including phenoxy) is 1. The van der Waals surface area contributed by atoms with Gasteiger partial charge in [-0.15, -0.1) is 0 Å². The van der Waals surface area contributed by atoms with Gasteiger partial charge < -0.3 is 10.5 Å². The summed E-state index contributed by atoms with van der Waals surface area (Å²) in [7, 11) is 0. The molecule has 0 aliphatic heterocycles. The monoisotopic (exact) mass is 175 g/mol. The van der Waals surface area contributed by atoms with Gasteiger partial charge in [-0.1, -0.05) is 0 Å². The molecule has 0 aromatic heterocycles. The van der Waals surface area contributed by atoms with E-state index in [0.717, 1.165) is 5.01 Å². The Morgan fingerprint density at radius 2 is 2.00 bits per heavy atom. The highest BCUT2D eigenvalue weighted by Gasteiger charge is 2.19. The first-order chi connectivity index (χ1) is 5.37. The molecule has 0 radical (unpaired) electrons. The lowest BCUT2D eigenvalue weighted by Gasteiger charge is -2.23. The molecule has 0 fully saturated rings. The molecule has 72 valence electrons. The van der Waals surface area contributed by atoms with Crippen LogP contribution >= 0.6 is 0 Å². The van der Waals surface area contributed by atoms with Gasteiger partial charge in [0.2, 0.25) is 0 Å². The van der Waals surface area contributed by atoms with Crippen molar-refractivity contribution in [2.75, 3.05) is 13.1 Å². The molecule has 0 aliphatic carbocycles. The third-order valence-electron chi connectivity index (χ3n) is 0.998. The van der Waals surface area contributed by atoms with E-state index in [1.807, 2.05) is 0 Å². The van der Waals surface area contributed by atoms with Crippen LogP contribution in [-0.4, -0.2) is 29.8 Å². The summed E-state index contributed by atoms with van der Waals surface area (Å²) in [6.45, 7) is 5.97. The molecule has 0 spiro atoms. The maximum Gasteiger partial charge on any atom is 0.424 e. The van der Waals surface area contributed by atoms with Gasteiger partial charge in [0.25, 0.3) is 0 Å². The van der Waals surface area contributed by atoms with Gasteiger partial charge in [-0.2, -0.15) is 0 Å². The largest absolute Gasteiger partial charge is 0.443 e. The van der Waals surface area contributed by atoms with E-state index in [-0.39, 0.29) is 0 Å². The summed E-state index contributed by atoms with van der Waals surface area (Å²) >= 11 is 0. The molecule has 5 heteroatoms. The molecule has 4 N–H and O–H groups in total. The van der Waals surface area contributed by atoms with Crippen molar-refractivity contribution in [1.29, 1.82) is 0 Å². The predicted octanol–water partition coefficient (Wildman–Crippen LogP) is 0.0559. The van der Waals surface area contributed by atoms with Crippen LogP contribution in [0, 0.1) is 0 Å². The molecule has 0 aromatic rings. The summed E-state index contributed by atoms with van der Waals surface area (Å²) in [6, 6.07) is 0. The highest BCUT2D eigenvalue weighted by atomic mass is 16.6. The summed E-state index contributed by atoms with van der Waals surface area (Å²) in [5.74, 6) is 5.31. The van der Waals surface area contributed by atoms with Gasteiger partial charge in [0.15, 0.2) is 0 Å². The van der Waals surface area contributed by atoms with Crippen molar-refractivity contribution < 1.29 is 9.53 Å². The second-order valence-corrected chi connectivity index (χ2v) is 3.46. The fraction of sp³-hybridized carbons (Fsp3) is 0.857. The molecular weight excluding hydrogens is 158 g/mol. The van der Waals surface area contributed by atoms with E-state index in [9.17, 15) is 4.79 Å². The number of rotatable bonds is 2. The van der Waals surface area contributed by atoms with Crippen LogP contribution in [0.1, 0.15) is 20.8 Å². The van der Waals surface area contributed by atoms with Crippen LogP contribution in [-0.2, 0) is 4.74 Å². The van der Waals surface area contributed by atoms with Crippen molar-refractivity contribution >= 4 is 6.09 Å². The fourth-order valence-electron chi connectivity index (χ4n) is 0.551. The molecule has 0 unspecified atom stereocenters. The molecule has 0 bridgehead atoms. The van der Waals surface area contributed by atoms with Gasteiger partial charge in [0.05, 0.1) is 6.54 Å². The van der Waals surface area contributed by atoms with Crippen LogP contribution in [0.25, 0.3) is 0 Å². The van der Waals surface area contributed by atoms with Gasteiger partial charge in [-0.3, -0.25) is 0 Å². The lowest BCUT2D eigenvalue weighted by Crippen LogP contribution is -2.43. The number of hydrogen-bond donors (Lipinski definition) is 2. The zero-order valence-corrected chi connectivity index (χ0v) is 7.83. The van der Waals surface area contributed by atoms with Crippen LogP contribution in [0.15, 0.2) is 0 Å². The molecule has 0 aliphatic rings. The minimum Gasteiger partial charge on any atom is -0.443 e. The number of carbonyl (C=O) groups is 1. The Morgan fingerprint density at radius 3 is 2.33 bits per heavy atom. The second kappa shape index (κ2) is 4.27. The standard InChI is InChI=1S/C7H17N3O2/c1-7(2,3)12-6(11)10(9)5-4-8/h4-5,8-9H2,1-3H3. The molecule has 1 amide bonds. The van der Waals surface area contributed by atoms with E-state index in [2.05, 4.69) is 0 Å². The SMILES string of the molecule is CC(C)(C)OC(=O)N(N)CCN. The molecule has 12 heavy (non-hydrogen) atoms. The quantitative estimate of drug-likeness (QED) is 0.353. The third kappa shape index (κ3) is 4.92. The van der Waals surface area contributed by atoms with Crippen LogP contribution in [0.5, 0.6) is 0 Å². The van der Waals surface area contributed by atoms with E-state index >= 15 is 0 Å². The van der Waals surface area contributed by atoms with Gasteiger partial charge in [0, 0.05) is 6.54 Å². The smallest absolute Gasteiger partial charge is 0.424 e. The molecule has 5 nitrogen and oxygen atoms in total. The zero-order chi connectivity index (χ0) is 9.78. The van der Waals surface area contributed by atoms with Crippen molar-refractivity contribution in [1.82, 2.24) is 5.01 Å². The Kier molecular flexibility index (Phi) is 3.99. The van der Waals surface area contributed by atoms with Crippen molar-refractivity contribution in [3.63, 3.8) is 0 Å². The van der Waals surface area contributed by atoms with Crippen molar-refractivity contribution in [3.05, 3.63) is 0 Å². The van der Waals surface area contributed by atoms with Gasteiger partial charge in [-0.05, 0) is 20.8 Å². The Hall–Kier alpha value is -0.810. The third-order valence-corrected chi connectivity index (χ3v) is 0.998. The van der Waals surface area contributed by atoms with Crippen LogP contribution in [0.4, 0.5) is 4.79 Å². The molecule has 0 heterocycles. The molecule has 0 saturated carbocycles. The Morgan fingerprint density at radius 1 is 1.50 bits per heavy atom. The van der Waals surface area contributed by atoms with Crippen molar-refractivity contribution in [2.24, 2.45) is 11.6 Å². The van der Waals surface area contributed by atoms with Crippen LogP contribution < -0.4 is 11.6 Å². The number of nitrogens with two attached hydrogens (primary N) is 2. The molecule has 0 rings (SSSR count). The van der Waals surface area contributed by atoms with E-state index in [0.29, 0.717) is 13.1 Å². The first-order valence-electron chi connectivity index (χ1n) is 3.82. The topological polar surface area (TPSA) is 81.6 Å². The Balaban J connectivity index is 3.87. The van der Waals surface area contributed by atoms with E-state index in [4.69, 9.17) is 16.3 Å². The van der Waals surface area contributed by atoms with E-state index in [1.165, 1.54) is 0 Å². The second-order valence-electron chi connectivity index (χ2n) is 3.46. The number of hydrazine groups is 1. The summed E-state index contributed by atoms with van der Waals surface area (Å²) < 4.78 is 4.96. The maximum absolute atomic E-state index is 11.1. The average molecular weight is 175 g/mol. The van der Waals surface area contributed by atoms with Gasteiger partial charge in [0.1, 0.15) is 5.60 Å². The summed E-state index contributed by atoms with van der Waals surface area (Å²) in [4.78, 5) is 11.1. The van der Waals surface area contributed by atoms with E-state index < -0.39 is 11.7 Å². The molecular formula is C7H17N3O2. The lowest BCUT2D eigenvalue weighted by molar-refractivity contribution is 0.0253. The highest BCUT2D eigenvalue weighted by molar-refractivity contribution is 5.67. The molecule has 0 aromatic carbocycles. The van der Waals surface area contributed by atoms with Gasteiger partial charge in [-0.25, -0.2) is 15.6 Å². The minimum absolute atomic E-state index is 0.301. The average Bonchev–Trinajstić information content (AvgIpc) is 1.84. The number of hydrogen-bond acceptors (Lipinski definition) is 4. The molecule has 0 saturated heterocycles. The van der Waals surface area contributed by atoms with Crippen molar-refractivity contribution in [2.45, 2.75) is 26.4 Å². The number of carbonyl (C=O) groups excluding carboxylic acids is 1. The summed E-state index contributed by atoms with van der Waals surface area (Å²) in [5, 5.41) is 0.964. The first-order valence-corrected chi connectivity index (χ1v) is 3.82. The zero-order valence-electron chi connectivity index (χ0n) is 7.83. The van der Waals surface area contributed by atoms with Crippen LogP contribution in [0.2, 0.25) is 0 Å². The fourth-order valence-corrected chi connectivity index (χ4v) is 0.551. The molecule has 0 atom stereocenters. The van der Waals surface area contributed by atoms with E-state index in [1.54, 1.807) is 20.8 Å². The van der Waals surface area contributed by atoms with Gasteiger partial charge >= 0.3 is 6.09 Å². The Bertz CT molecular complexity index is 153. The van der Waals surface area contributed by atoms with Crippen LogP contribution in [0.3, 0.4) is 0 Å². The summed E-state index contributed by atoms with van der Waals surface area (Å²) in [5.41, 5.74) is 4.69. The maximum atomic E-state index is 11.1. The van der Waals surface area contributed by atoms with Crippen molar-refractivity contribution in [3.8, 4) is 0 Å². The summed E-state index contributed by atoms with van der Waals surface area (Å²) in [6.07, 6.45) is -0.548. The Labute approximate surface area is 72.6 Å². The highest BCUT2D eigenvalue weighted by Crippen LogP contribution is 2.07. The first kappa shape index (κ1) is 11.2. The minimum atomic E-state index is -0.548. The normalized spacial score (nSPS) is 11.1. The number of nitrogens with zero attached hydrogens (tertiary/aromatic N) is 1.